The first-order valence-electron chi connectivity index (χ1n) is 8.85. The van der Waals surface area contributed by atoms with Crippen LogP contribution in [-0.4, -0.2) is 29.5 Å². The van der Waals surface area contributed by atoms with E-state index in [2.05, 4.69) is 15.3 Å². The molecule has 0 bridgehead atoms. The maximum absolute atomic E-state index is 13.8. The monoisotopic (exact) mass is 406 g/mol. The van der Waals surface area contributed by atoms with E-state index < -0.39 is 29.0 Å². The molecule has 3 aromatic rings. The maximum atomic E-state index is 13.8. The summed E-state index contributed by atoms with van der Waals surface area (Å²) in [6.45, 7) is -0.130. The van der Waals surface area contributed by atoms with E-state index >= 15 is 0 Å². The van der Waals surface area contributed by atoms with Crippen LogP contribution in [0.1, 0.15) is 23.3 Å². The van der Waals surface area contributed by atoms with Crippen molar-refractivity contribution in [1.82, 2.24) is 9.97 Å². The number of aryl methyl sites for hydroxylation is 2. The molecule has 0 fully saturated rings. The lowest BCUT2D eigenvalue weighted by atomic mass is 9.97. The van der Waals surface area contributed by atoms with Gasteiger partial charge in [-0.1, -0.05) is 0 Å². The standard InChI is InChI=1S/C19H17F3N4OS/c1-26(8-14(27)25-12-7-6-11(20)16(21)17(12)22)18-15-10-4-2-3-5-13(10)28-19(15)24-9-23-18/h6-7,9H,2-5,8H2,1H3,(H,25,27). The van der Waals surface area contributed by atoms with Crippen molar-refractivity contribution >= 4 is 39.0 Å². The van der Waals surface area contributed by atoms with Crippen molar-refractivity contribution in [2.24, 2.45) is 0 Å². The van der Waals surface area contributed by atoms with Crippen LogP contribution in [-0.2, 0) is 17.6 Å². The number of fused-ring (bicyclic) bond motifs is 3. The molecular weight excluding hydrogens is 389 g/mol. The molecule has 0 radical (unpaired) electrons. The van der Waals surface area contributed by atoms with E-state index in [-0.39, 0.29) is 6.54 Å². The molecule has 28 heavy (non-hydrogen) atoms. The lowest BCUT2D eigenvalue weighted by Crippen LogP contribution is -2.31. The summed E-state index contributed by atoms with van der Waals surface area (Å²) < 4.78 is 40.2. The summed E-state index contributed by atoms with van der Waals surface area (Å²) in [5, 5.41) is 3.24. The molecule has 1 N–H and O–H groups in total. The molecule has 0 saturated heterocycles. The summed E-state index contributed by atoms with van der Waals surface area (Å²) in [4.78, 5) is 24.9. The van der Waals surface area contributed by atoms with Crippen molar-refractivity contribution in [2.75, 3.05) is 23.8 Å². The lowest BCUT2D eigenvalue weighted by molar-refractivity contribution is -0.114. The fourth-order valence-corrected chi connectivity index (χ4v) is 4.69. The van der Waals surface area contributed by atoms with E-state index in [0.29, 0.717) is 5.82 Å². The van der Waals surface area contributed by atoms with E-state index in [0.717, 1.165) is 48.0 Å². The average molecular weight is 406 g/mol. The number of carbonyl (C=O) groups is 1. The highest BCUT2D eigenvalue weighted by Gasteiger charge is 2.22. The van der Waals surface area contributed by atoms with Gasteiger partial charge in [-0.05, 0) is 43.4 Å². The normalized spacial score (nSPS) is 13.4. The molecule has 5 nitrogen and oxygen atoms in total. The van der Waals surface area contributed by atoms with Gasteiger partial charge in [0.2, 0.25) is 5.91 Å². The number of likely N-dealkylation sites (N-methyl/N-ethyl adjacent to an activating group) is 1. The van der Waals surface area contributed by atoms with Crippen LogP contribution in [0.3, 0.4) is 0 Å². The highest BCUT2D eigenvalue weighted by atomic mass is 32.1. The third kappa shape index (κ3) is 3.30. The lowest BCUT2D eigenvalue weighted by Gasteiger charge is -2.20. The largest absolute Gasteiger partial charge is 0.350 e. The van der Waals surface area contributed by atoms with Crippen molar-refractivity contribution in [1.29, 1.82) is 0 Å². The molecule has 9 heteroatoms. The van der Waals surface area contributed by atoms with E-state index in [4.69, 9.17) is 0 Å². The van der Waals surface area contributed by atoms with Crippen LogP contribution >= 0.6 is 11.3 Å². The minimum Gasteiger partial charge on any atom is -0.350 e. The first-order chi connectivity index (χ1) is 13.5. The Hall–Kier alpha value is -2.68. The van der Waals surface area contributed by atoms with E-state index in [9.17, 15) is 18.0 Å². The Balaban J connectivity index is 1.57. The van der Waals surface area contributed by atoms with Gasteiger partial charge in [-0.25, -0.2) is 23.1 Å². The molecule has 1 amide bonds. The molecule has 0 saturated carbocycles. The Morgan fingerprint density at radius 3 is 2.79 bits per heavy atom. The summed E-state index contributed by atoms with van der Waals surface area (Å²) in [5.74, 6) is -4.28. The summed E-state index contributed by atoms with van der Waals surface area (Å²) in [5.41, 5.74) is 0.832. The van der Waals surface area contributed by atoms with Crippen LogP contribution < -0.4 is 10.2 Å². The molecule has 0 unspecified atom stereocenters. The molecule has 1 aliphatic rings. The van der Waals surface area contributed by atoms with Crippen LogP contribution in [0.4, 0.5) is 24.7 Å². The van der Waals surface area contributed by atoms with Crippen LogP contribution in [0, 0.1) is 17.5 Å². The Morgan fingerprint density at radius 2 is 1.96 bits per heavy atom. The Kier molecular flexibility index (Phi) is 4.92. The second kappa shape index (κ2) is 7.38. The number of carbonyl (C=O) groups excluding carboxylic acids is 1. The molecule has 0 atom stereocenters. The van der Waals surface area contributed by atoms with E-state index in [1.54, 1.807) is 23.3 Å². The molecule has 4 rings (SSSR count). The molecule has 2 aromatic heterocycles. The number of rotatable bonds is 4. The summed E-state index contributed by atoms with van der Waals surface area (Å²) >= 11 is 1.65. The van der Waals surface area contributed by atoms with Gasteiger partial charge in [0.25, 0.3) is 0 Å². The van der Waals surface area contributed by atoms with Crippen molar-refractivity contribution in [3.05, 3.63) is 46.4 Å². The number of hydrogen-bond acceptors (Lipinski definition) is 5. The van der Waals surface area contributed by atoms with Gasteiger partial charge in [0, 0.05) is 11.9 Å². The highest BCUT2D eigenvalue weighted by molar-refractivity contribution is 7.19. The van der Waals surface area contributed by atoms with Crippen LogP contribution in [0.15, 0.2) is 18.5 Å². The number of nitrogens with one attached hydrogen (secondary N) is 1. The minimum absolute atomic E-state index is 0.130. The molecule has 0 spiro atoms. The number of anilines is 2. The molecular formula is C19H17F3N4OS. The smallest absolute Gasteiger partial charge is 0.244 e. The Labute approximate surface area is 163 Å². The zero-order valence-electron chi connectivity index (χ0n) is 15.1. The number of halogens is 3. The van der Waals surface area contributed by atoms with Gasteiger partial charge in [0.05, 0.1) is 17.6 Å². The van der Waals surface area contributed by atoms with Crippen molar-refractivity contribution in [2.45, 2.75) is 25.7 Å². The van der Waals surface area contributed by atoms with Gasteiger partial charge in [0.15, 0.2) is 17.5 Å². The first kappa shape index (κ1) is 18.7. The topological polar surface area (TPSA) is 58.1 Å². The summed E-state index contributed by atoms with van der Waals surface area (Å²) in [6.07, 6.45) is 5.70. The molecule has 1 aromatic carbocycles. The van der Waals surface area contributed by atoms with Gasteiger partial charge in [-0.2, -0.15) is 0 Å². The first-order valence-corrected chi connectivity index (χ1v) is 9.67. The minimum atomic E-state index is -1.62. The second-order valence-electron chi connectivity index (χ2n) is 6.72. The van der Waals surface area contributed by atoms with Crippen molar-refractivity contribution < 1.29 is 18.0 Å². The van der Waals surface area contributed by atoms with Gasteiger partial charge >= 0.3 is 0 Å². The number of thiophene rings is 1. The quantitative estimate of drug-likeness (QED) is 0.664. The third-order valence-electron chi connectivity index (χ3n) is 4.78. The fraction of sp³-hybridized carbons (Fsp3) is 0.316. The zero-order chi connectivity index (χ0) is 19.8. The van der Waals surface area contributed by atoms with E-state index in [1.165, 1.54) is 16.8 Å². The molecule has 146 valence electrons. The number of nitrogens with zero attached hydrogens (tertiary/aromatic N) is 3. The third-order valence-corrected chi connectivity index (χ3v) is 5.98. The van der Waals surface area contributed by atoms with Gasteiger partial charge in [-0.15, -0.1) is 11.3 Å². The zero-order valence-corrected chi connectivity index (χ0v) is 15.9. The SMILES string of the molecule is CN(CC(=O)Nc1ccc(F)c(F)c1F)c1ncnc2sc3c(c12)CCCC3. The van der Waals surface area contributed by atoms with Crippen LogP contribution in [0.2, 0.25) is 0 Å². The van der Waals surface area contributed by atoms with Crippen LogP contribution in [0.5, 0.6) is 0 Å². The van der Waals surface area contributed by atoms with Gasteiger partial charge in [0.1, 0.15) is 17.0 Å². The van der Waals surface area contributed by atoms with Crippen molar-refractivity contribution in [3.63, 3.8) is 0 Å². The van der Waals surface area contributed by atoms with Gasteiger partial charge < -0.3 is 10.2 Å². The number of benzene rings is 1. The van der Waals surface area contributed by atoms with E-state index in [1.807, 2.05) is 0 Å². The summed E-state index contributed by atoms with van der Waals surface area (Å²) in [6, 6.07) is 1.76. The Morgan fingerprint density at radius 1 is 1.18 bits per heavy atom. The van der Waals surface area contributed by atoms with Gasteiger partial charge in [-0.3, -0.25) is 4.79 Å². The molecule has 0 aliphatic heterocycles. The predicted octanol–water partition coefficient (Wildman–Crippen LogP) is 4.06. The number of hydrogen-bond donors (Lipinski definition) is 1. The second-order valence-corrected chi connectivity index (χ2v) is 7.80. The molecule has 2 heterocycles. The molecule has 1 aliphatic carbocycles. The average Bonchev–Trinajstić information content (AvgIpc) is 3.07. The number of aromatic nitrogens is 2. The summed E-state index contributed by atoms with van der Waals surface area (Å²) in [7, 11) is 1.70. The van der Waals surface area contributed by atoms with Crippen molar-refractivity contribution in [3.8, 4) is 0 Å². The fourth-order valence-electron chi connectivity index (χ4n) is 3.47. The van der Waals surface area contributed by atoms with Crippen LogP contribution in [0.25, 0.3) is 10.2 Å². The maximum Gasteiger partial charge on any atom is 0.244 e. The highest BCUT2D eigenvalue weighted by Crippen LogP contribution is 2.38. The predicted molar refractivity (Wildman–Crippen MR) is 102 cm³/mol. The number of amides is 1. The Bertz CT molecular complexity index is 1070.